The van der Waals surface area contributed by atoms with Crippen LogP contribution in [0.5, 0.6) is 0 Å². The first-order valence-corrected chi connectivity index (χ1v) is 6.30. The van der Waals surface area contributed by atoms with Gasteiger partial charge in [0.25, 0.3) is 5.91 Å². The van der Waals surface area contributed by atoms with E-state index in [1.807, 2.05) is 30.3 Å². The van der Waals surface area contributed by atoms with E-state index in [-0.39, 0.29) is 5.91 Å². The first kappa shape index (κ1) is 11.7. The van der Waals surface area contributed by atoms with Gasteiger partial charge in [-0.25, -0.2) is 0 Å². The van der Waals surface area contributed by atoms with E-state index in [1.54, 1.807) is 13.5 Å². The predicted octanol–water partition coefficient (Wildman–Crippen LogP) is 3.90. The van der Waals surface area contributed by atoms with Crippen molar-refractivity contribution < 1.29 is 4.79 Å². The molecule has 0 aliphatic carbocycles. The molecule has 1 N–H and O–H groups in total. The van der Waals surface area contributed by atoms with Crippen molar-refractivity contribution in [1.29, 1.82) is 0 Å². The third-order valence-corrected chi connectivity index (χ3v) is 3.27. The van der Waals surface area contributed by atoms with E-state index in [2.05, 4.69) is 29.6 Å². The molecule has 0 saturated heterocycles. The van der Waals surface area contributed by atoms with Crippen LogP contribution >= 0.6 is 0 Å². The lowest BCUT2D eigenvalue weighted by Gasteiger charge is -2.08. The maximum atomic E-state index is 12.1. The van der Waals surface area contributed by atoms with Crippen LogP contribution in [0.25, 0.3) is 21.5 Å². The molecular weight excluding hydrogens is 234 g/mol. The second kappa shape index (κ2) is 4.73. The minimum atomic E-state index is -0.0663. The van der Waals surface area contributed by atoms with Crippen LogP contribution in [0.2, 0.25) is 0 Å². The first-order valence-electron chi connectivity index (χ1n) is 6.30. The van der Waals surface area contributed by atoms with Crippen LogP contribution in [0, 0.1) is 6.54 Å². The van der Waals surface area contributed by atoms with Gasteiger partial charge in [-0.3, -0.25) is 4.79 Å². The summed E-state index contributed by atoms with van der Waals surface area (Å²) in [6.07, 6.45) is 0. The van der Waals surface area contributed by atoms with Crippen LogP contribution in [0.1, 0.15) is 17.3 Å². The Kier molecular flexibility index (Phi) is 2.92. The van der Waals surface area contributed by atoms with Crippen molar-refractivity contribution in [2.24, 2.45) is 0 Å². The number of fused-ring (bicyclic) bond motifs is 2. The molecule has 93 valence electrons. The van der Waals surface area contributed by atoms with E-state index in [0.29, 0.717) is 5.56 Å². The molecule has 1 amide bonds. The fourth-order valence-corrected chi connectivity index (χ4v) is 2.37. The van der Waals surface area contributed by atoms with E-state index in [0.717, 1.165) is 16.2 Å². The molecule has 0 spiro atoms. The molecule has 3 aromatic carbocycles. The molecule has 0 aliphatic rings. The largest absolute Gasteiger partial charge is 0.348 e. The lowest BCUT2D eigenvalue weighted by Crippen LogP contribution is -2.19. The Hall–Kier alpha value is -2.35. The summed E-state index contributed by atoms with van der Waals surface area (Å²) in [6.45, 7) is 3.46. The Morgan fingerprint density at radius 3 is 2.37 bits per heavy atom. The lowest BCUT2D eigenvalue weighted by molar-refractivity contribution is 0.0966. The van der Waals surface area contributed by atoms with Gasteiger partial charge in [-0.1, -0.05) is 36.4 Å². The molecular formula is C17H14NO. The number of benzene rings is 3. The Morgan fingerprint density at radius 1 is 0.947 bits per heavy atom. The molecule has 0 aliphatic heterocycles. The molecule has 0 aromatic heterocycles. The highest BCUT2D eigenvalue weighted by molar-refractivity contribution is 6.10. The fraction of sp³-hybridized carbons (Fsp3) is 0.0588. The number of hydrogen-bond donors (Lipinski definition) is 1. The van der Waals surface area contributed by atoms with Gasteiger partial charge < -0.3 is 5.32 Å². The smallest absolute Gasteiger partial charge is 0.252 e. The van der Waals surface area contributed by atoms with Crippen LogP contribution in [0.3, 0.4) is 0 Å². The molecule has 19 heavy (non-hydrogen) atoms. The van der Waals surface area contributed by atoms with Crippen LogP contribution < -0.4 is 5.32 Å². The molecule has 1 radical (unpaired) electrons. The van der Waals surface area contributed by atoms with Crippen molar-refractivity contribution in [3.63, 3.8) is 0 Å². The summed E-state index contributed by atoms with van der Waals surface area (Å²) in [6, 6.07) is 18.2. The van der Waals surface area contributed by atoms with Gasteiger partial charge >= 0.3 is 0 Å². The van der Waals surface area contributed by atoms with E-state index in [4.69, 9.17) is 0 Å². The number of carbonyl (C=O) groups is 1. The summed E-state index contributed by atoms with van der Waals surface area (Å²) in [5, 5.41) is 7.15. The second-order valence-corrected chi connectivity index (χ2v) is 4.49. The monoisotopic (exact) mass is 248 g/mol. The zero-order valence-corrected chi connectivity index (χ0v) is 10.7. The van der Waals surface area contributed by atoms with E-state index >= 15 is 0 Å². The van der Waals surface area contributed by atoms with Crippen LogP contribution in [-0.4, -0.2) is 5.91 Å². The van der Waals surface area contributed by atoms with E-state index in [9.17, 15) is 4.79 Å². The quantitative estimate of drug-likeness (QED) is 0.684. The predicted molar refractivity (Wildman–Crippen MR) is 78.9 cm³/mol. The van der Waals surface area contributed by atoms with Crippen LogP contribution in [-0.2, 0) is 0 Å². The SMILES string of the molecule is C[CH]NC(=O)c1cccc2cc3ccccc3cc12. The van der Waals surface area contributed by atoms with Crippen molar-refractivity contribution >= 4 is 27.5 Å². The van der Waals surface area contributed by atoms with Crippen molar-refractivity contribution in [2.45, 2.75) is 6.92 Å². The van der Waals surface area contributed by atoms with Crippen molar-refractivity contribution in [2.75, 3.05) is 0 Å². The highest BCUT2D eigenvalue weighted by atomic mass is 16.1. The number of hydrogen-bond acceptors (Lipinski definition) is 1. The molecule has 2 heteroatoms. The van der Waals surface area contributed by atoms with Gasteiger partial charge in [0.2, 0.25) is 0 Å². The molecule has 0 saturated carbocycles. The Balaban J connectivity index is 2.29. The number of amides is 1. The Labute approximate surface area is 112 Å². The third-order valence-electron chi connectivity index (χ3n) is 3.27. The van der Waals surface area contributed by atoms with Crippen LogP contribution in [0.15, 0.2) is 54.6 Å². The van der Waals surface area contributed by atoms with Gasteiger partial charge in [-0.05, 0) is 46.7 Å². The van der Waals surface area contributed by atoms with Gasteiger partial charge in [-0.2, -0.15) is 0 Å². The zero-order valence-electron chi connectivity index (χ0n) is 10.7. The van der Waals surface area contributed by atoms with E-state index in [1.165, 1.54) is 5.39 Å². The third kappa shape index (κ3) is 2.06. The van der Waals surface area contributed by atoms with E-state index < -0.39 is 0 Å². The molecule has 0 heterocycles. The summed E-state index contributed by atoms with van der Waals surface area (Å²) in [5.41, 5.74) is 0.710. The minimum absolute atomic E-state index is 0.0663. The van der Waals surface area contributed by atoms with Gasteiger partial charge in [0.05, 0.1) is 0 Å². The molecule has 0 fully saturated rings. The Bertz CT molecular complexity index is 761. The molecule has 0 bridgehead atoms. The molecule has 0 unspecified atom stereocenters. The standard InChI is InChI=1S/C17H14NO/c1-2-18-17(19)15-9-5-8-14-10-12-6-3-4-7-13(12)11-16(14)15/h2-11H,1H3,(H,18,19). The maximum absolute atomic E-state index is 12.1. The second-order valence-electron chi connectivity index (χ2n) is 4.49. The van der Waals surface area contributed by atoms with Crippen molar-refractivity contribution in [3.8, 4) is 0 Å². The summed E-state index contributed by atoms with van der Waals surface area (Å²) < 4.78 is 0. The van der Waals surface area contributed by atoms with Gasteiger partial charge in [0.15, 0.2) is 0 Å². The fourth-order valence-electron chi connectivity index (χ4n) is 2.37. The molecule has 2 nitrogen and oxygen atoms in total. The topological polar surface area (TPSA) is 29.1 Å². The first-order chi connectivity index (χ1) is 9.29. The number of nitrogens with one attached hydrogen (secondary N) is 1. The number of carbonyl (C=O) groups excluding carboxylic acids is 1. The molecule has 3 rings (SSSR count). The average molecular weight is 248 g/mol. The van der Waals surface area contributed by atoms with Crippen molar-refractivity contribution in [3.05, 3.63) is 66.7 Å². The Morgan fingerprint density at radius 2 is 1.63 bits per heavy atom. The normalized spacial score (nSPS) is 10.8. The minimum Gasteiger partial charge on any atom is -0.348 e. The summed E-state index contributed by atoms with van der Waals surface area (Å²) in [7, 11) is 0. The summed E-state index contributed by atoms with van der Waals surface area (Å²) >= 11 is 0. The van der Waals surface area contributed by atoms with Gasteiger partial charge in [0.1, 0.15) is 0 Å². The molecule has 3 aromatic rings. The summed E-state index contributed by atoms with van der Waals surface area (Å²) in [5.74, 6) is -0.0663. The highest BCUT2D eigenvalue weighted by Gasteiger charge is 2.09. The summed E-state index contributed by atoms with van der Waals surface area (Å²) in [4.78, 5) is 12.1. The maximum Gasteiger partial charge on any atom is 0.252 e. The molecule has 0 atom stereocenters. The average Bonchev–Trinajstić information content (AvgIpc) is 2.44. The zero-order chi connectivity index (χ0) is 13.2. The highest BCUT2D eigenvalue weighted by Crippen LogP contribution is 2.25. The van der Waals surface area contributed by atoms with Crippen molar-refractivity contribution in [1.82, 2.24) is 5.32 Å². The van der Waals surface area contributed by atoms with Crippen LogP contribution in [0.4, 0.5) is 0 Å². The number of rotatable bonds is 2. The van der Waals surface area contributed by atoms with Gasteiger partial charge in [0, 0.05) is 12.1 Å². The lowest BCUT2D eigenvalue weighted by atomic mass is 9.99. The van der Waals surface area contributed by atoms with Gasteiger partial charge in [-0.15, -0.1) is 0 Å².